The molecule has 0 saturated carbocycles. The second-order valence-electron chi connectivity index (χ2n) is 5.98. The molecule has 0 atom stereocenters. The summed E-state index contributed by atoms with van der Waals surface area (Å²) in [5.74, 6) is 1.25. The molecule has 7 heteroatoms. The summed E-state index contributed by atoms with van der Waals surface area (Å²) in [7, 11) is 0. The molecular weight excluding hydrogens is 318 g/mol. The van der Waals surface area contributed by atoms with Gasteiger partial charge in [0, 0.05) is 38.6 Å². The van der Waals surface area contributed by atoms with Gasteiger partial charge in [0.25, 0.3) is 5.91 Å². The van der Waals surface area contributed by atoms with Gasteiger partial charge in [0.15, 0.2) is 5.96 Å². The second-order valence-corrected chi connectivity index (χ2v) is 5.98. The molecule has 140 valence electrons. The number of aliphatic imine (C=N–C) groups is 1. The van der Waals surface area contributed by atoms with Crippen molar-refractivity contribution in [2.24, 2.45) is 10.9 Å². The number of pyridine rings is 1. The van der Waals surface area contributed by atoms with Gasteiger partial charge in [-0.25, -0.2) is 0 Å². The molecule has 0 saturated heterocycles. The van der Waals surface area contributed by atoms with E-state index in [9.17, 15) is 4.79 Å². The van der Waals surface area contributed by atoms with E-state index in [2.05, 4.69) is 39.8 Å². The normalized spacial score (nSPS) is 11.4. The Bertz CT molecular complexity index is 505. The van der Waals surface area contributed by atoms with Crippen molar-refractivity contribution in [1.29, 1.82) is 0 Å². The van der Waals surface area contributed by atoms with E-state index in [1.54, 1.807) is 24.5 Å². The average molecular weight is 349 g/mol. The number of ether oxygens (including phenoxy) is 1. The first kappa shape index (κ1) is 20.9. The number of hydrogen-bond donors (Lipinski definition) is 3. The molecular formula is C18H31N5O2. The molecule has 1 amide bonds. The molecule has 7 nitrogen and oxygen atoms in total. The molecule has 1 aromatic heterocycles. The number of carbonyl (C=O) groups is 1. The zero-order valence-electron chi connectivity index (χ0n) is 15.5. The Labute approximate surface area is 150 Å². The van der Waals surface area contributed by atoms with Crippen LogP contribution < -0.4 is 16.0 Å². The second kappa shape index (κ2) is 13.2. The van der Waals surface area contributed by atoms with Gasteiger partial charge in [0.05, 0.1) is 18.7 Å². The maximum Gasteiger partial charge on any atom is 0.252 e. The van der Waals surface area contributed by atoms with E-state index in [1.165, 1.54) is 0 Å². The van der Waals surface area contributed by atoms with Gasteiger partial charge in [0.1, 0.15) is 0 Å². The predicted molar refractivity (Wildman–Crippen MR) is 101 cm³/mol. The zero-order valence-corrected chi connectivity index (χ0v) is 15.5. The van der Waals surface area contributed by atoms with Crippen LogP contribution in [0.2, 0.25) is 0 Å². The predicted octanol–water partition coefficient (Wildman–Crippen LogP) is 1.43. The van der Waals surface area contributed by atoms with Crippen LogP contribution in [0.1, 0.15) is 37.6 Å². The largest absolute Gasteiger partial charge is 0.380 e. The number of carbonyl (C=O) groups excluding carboxylic acids is 1. The summed E-state index contributed by atoms with van der Waals surface area (Å²) in [4.78, 5) is 20.3. The van der Waals surface area contributed by atoms with Crippen molar-refractivity contribution in [2.75, 3.05) is 39.4 Å². The van der Waals surface area contributed by atoms with Gasteiger partial charge in [-0.1, -0.05) is 13.8 Å². The Morgan fingerprint density at radius 3 is 2.72 bits per heavy atom. The third kappa shape index (κ3) is 10.3. The number of rotatable bonds is 11. The Balaban J connectivity index is 2.21. The first-order chi connectivity index (χ1) is 12.1. The van der Waals surface area contributed by atoms with Gasteiger partial charge in [-0.2, -0.15) is 0 Å². The maximum absolute atomic E-state index is 11.9. The molecule has 0 radical (unpaired) electrons. The number of aromatic nitrogens is 1. The van der Waals surface area contributed by atoms with E-state index in [-0.39, 0.29) is 5.91 Å². The van der Waals surface area contributed by atoms with Crippen LogP contribution in [-0.4, -0.2) is 56.2 Å². The lowest BCUT2D eigenvalue weighted by atomic mass is 10.1. The average Bonchev–Trinajstić information content (AvgIpc) is 2.61. The number of guanidine groups is 1. The van der Waals surface area contributed by atoms with E-state index in [1.807, 2.05) is 6.92 Å². The molecule has 0 bridgehead atoms. The molecule has 0 aliphatic rings. The van der Waals surface area contributed by atoms with Crippen LogP contribution in [0, 0.1) is 5.92 Å². The van der Waals surface area contributed by atoms with E-state index < -0.39 is 0 Å². The molecule has 25 heavy (non-hydrogen) atoms. The van der Waals surface area contributed by atoms with Crippen LogP contribution in [0.3, 0.4) is 0 Å². The van der Waals surface area contributed by atoms with Crippen LogP contribution in [0.4, 0.5) is 0 Å². The molecule has 3 N–H and O–H groups in total. The topological polar surface area (TPSA) is 87.6 Å². The number of hydrogen-bond acceptors (Lipinski definition) is 4. The molecule has 1 heterocycles. The van der Waals surface area contributed by atoms with Crippen LogP contribution in [0.5, 0.6) is 0 Å². The van der Waals surface area contributed by atoms with Crippen LogP contribution in [-0.2, 0) is 4.74 Å². The molecule has 0 spiro atoms. The lowest BCUT2D eigenvalue weighted by Crippen LogP contribution is -2.41. The zero-order chi connectivity index (χ0) is 18.3. The molecule has 0 fully saturated rings. The summed E-state index contributed by atoms with van der Waals surface area (Å²) >= 11 is 0. The first-order valence-corrected chi connectivity index (χ1v) is 8.91. The minimum absolute atomic E-state index is 0.129. The molecule has 0 aliphatic carbocycles. The van der Waals surface area contributed by atoms with E-state index in [4.69, 9.17) is 4.74 Å². The van der Waals surface area contributed by atoms with Crippen molar-refractivity contribution < 1.29 is 9.53 Å². The highest BCUT2D eigenvalue weighted by Gasteiger charge is 2.04. The van der Waals surface area contributed by atoms with Gasteiger partial charge in [-0.05, 0) is 31.4 Å². The minimum atomic E-state index is -0.129. The monoisotopic (exact) mass is 349 g/mol. The summed E-state index contributed by atoms with van der Waals surface area (Å²) in [5.41, 5.74) is 0.557. The van der Waals surface area contributed by atoms with Gasteiger partial charge in [0.2, 0.25) is 0 Å². The minimum Gasteiger partial charge on any atom is -0.380 e. The van der Waals surface area contributed by atoms with E-state index in [0.29, 0.717) is 37.7 Å². The summed E-state index contributed by atoms with van der Waals surface area (Å²) in [6.45, 7) is 10.2. The van der Waals surface area contributed by atoms with Crippen LogP contribution >= 0.6 is 0 Å². The van der Waals surface area contributed by atoms with Crippen molar-refractivity contribution in [3.05, 3.63) is 30.1 Å². The molecule has 1 aromatic rings. The van der Waals surface area contributed by atoms with Gasteiger partial charge in [-0.15, -0.1) is 0 Å². The number of nitrogens with one attached hydrogen (secondary N) is 3. The fraction of sp³-hybridized carbons (Fsp3) is 0.611. The standard InChI is InChI=1S/C18H31N5O2/c1-4-20-18(23-11-13-25-12-7-15(2)3)22-10-9-21-17(24)16-6-5-8-19-14-16/h5-6,8,14-15H,4,7,9-13H2,1-3H3,(H,21,24)(H2,20,22,23). The quantitative estimate of drug-likeness (QED) is 0.320. The highest BCUT2D eigenvalue weighted by Crippen LogP contribution is 1.98. The Kier molecular flexibility index (Phi) is 11.0. The lowest BCUT2D eigenvalue weighted by molar-refractivity contribution is 0.0954. The summed E-state index contributed by atoms with van der Waals surface area (Å²) in [5, 5.41) is 9.20. The van der Waals surface area contributed by atoms with Crippen molar-refractivity contribution in [3.63, 3.8) is 0 Å². The summed E-state index contributed by atoms with van der Waals surface area (Å²) in [6, 6.07) is 3.48. The van der Waals surface area contributed by atoms with Gasteiger partial charge >= 0.3 is 0 Å². The number of nitrogens with zero attached hydrogens (tertiary/aromatic N) is 2. The van der Waals surface area contributed by atoms with Gasteiger partial charge in [-0.3, -0.25) is 14.8 Å². The third-order valence-electron chi connectivity index (χ3n) is 3.32. The fourth-order valence-corrected chi connectivity index (χ4v) is 1.94. The third-order valence-corrected chi connectivity index (χ3v) is 3.32. The van der Waals surface area contributed by atoms with Crippen molar-refractivity contribution in [1.82, 2.24) is 20.9 Å². The molecule has 0 unspecified atom stereocenters. The summed E-state index contributed by atoms with van der Waals surface area (Å²) < 4.78 is 5.55. The van der Waals surface area contributed by atoms with Crippen LogP contribution in [0.15, 0.2) is 29.5 Å². The fourth-order valence-electron chi connectivity index (χ4n) is 1.94. The van der Waals surface area contributed by atoms with Crippen molar-refractivity contribution >= 4 is 11.9 Å². The highest BCUT2D eigenvalue weighted by atomic mass is 16.5. The lowest BCUT2D eigenvalue weighted by Gasteiger charge is -2.12. The van der Waals surface area contributed by atoms with E-state index >= 15 is 0 Å². The smallest absolute Gasteiger partial charge is 0.252 e. The van der Waals surface area contributed by atoms with Gasteiger partial charge < -0.3 is 20.7 Å². The van der Waals surface area contributed by atoms with E-state index in [0.717, 1.165) is 25.5 Å². The molecule has 0 aliphatic heterocycles. The molecule has 1 rings (SSSR count). The highest BCUT2D eigenvalue weighted by molar-refractivity contribution is 5.93. The Morgan fingerprint density at radius 1 is 1.24 bits per heavy atom. The number of amides is 1. The summed E-state index contributed by atoms with van der Waals surface area (Å²) in [6.07, 6.45) is 4.26. The van der Waals surface area contributed by atoms with Crippen LogP contribution in [0.25, 0.3) is 0 Å². The Morgan fingerprint density at radius 2 is 2.04 bits per heavy atom. The Hall–Kier alpha value is -2.15. The first-order valence-electron chi connectivity index (χ1n) is 8.91. The van der Waals surface area contributed by atoms with Crippen molar-refractivity contribution in [2.45, 2.75) is 27.2 Å². The maximum atomic E-state index is 11.9. The SMILES string of the molecule is CCNC(=NCCOCCC(C)C)NCCNC(=O)c1cccnc1. The van der Waals surface area contributed by atoms with Crippen molar-refractivity contribution in [3.8, 4) is 0 Å². The molecule has 0 aromatic carbocycles.